The summed E-state index contributed by atoms with van der Waals surface area (Å²) in [6.45, 7) is 10.6. The van der Waals surface area contributed by atoms with Crippen LogP contribution in [0.4, 0.5) is 5.69 Å². The minimum atomic E-state index is -0.684. The molecule has 0 bridgehead atoms. The molecule has 0 aliphatic carbocycles. The van der Waals surface area contributed by atoms with Gasteiger partial charge in [0.2, 0.25) is 5.88 Å². The summed E-state index contributed by atoms with van der Waals surface area (Å²) in [4.78, 5) is 11.0. The molecule has 0 radical (unpaired) electrons. The molecule has 0 spiro atoms. The van der Waals surface area contributed by atoms with E-state index in [1.807, 2.05) is 51.8 Å². The Kier molecular flexibility index (Phi) is 5.64. The van der Waals surface area contributed by atoms with Crippen LogP contribution in [0.3, 0.4) is 0 Å². The van der Waals surface area contributed by atoms with Crippen LogP contribution in [0, 0.1) is 13.8 Å². The maximum atomic E-state index is 6.06. The highest BCUT2D eigenvalue weighted by atomic mass is 79.9. The first-order valence-corrected chi connectivity index (χ1v) is 8.56. The average molecular weight is 395 g/mol. The standard InChI is InChI=1S/C17H23BrN4O2/c1-7-22(6)10-19-14-9-13(18)16(20-12(14)3)23-17(4,5)15-8-11(2)21-24-15/h8-10H,7H2,1-6H3/b19-10+. The second-order valence-corrected chi connectivity index (χ2v) is 7.00. The molecule has 24 heavy (non-hydrogen) atoms. The number of aromatic nitrogens is 2. The first-order valence-electron chi connectivity index (χ1n) is 7.77. The molecule has 7 heteroatoms. The lowest BCUT2D eigenvalue weighted by Crippen LogP contribution is -2.25. The molecule has 0 aliphatic rings. The van der Waals surface area contributed by atoms with Crippen LogP contribution in [0.25, 0.3) is 0 Å². The summed E-state index contributed by atoms with van der Waals surface area (Å²) in [7, 11) is 1.97. The Morgan fingerprint density at radius 3 is 2.67 bits per heavy atom. The van der Waals surface area contributed by atoms with E-state index in [1.54, 1.807) is 6.34 Å². The predicted octanol–water partition coefficient (Wildman–Crippen LogP) is 4.37. The van der Waals surface area contributed by atoms with Crippen molar-refractivity contribution in [2.45, 2.75) is 40.2 Å². The molecular weight excluding hydrogens is 372 g/mol. The predicted molar refractivity (Wildman–Crippen MR) is 98.0 cm³/mol. The van der Waals surface area contributed by atoms with Gasteiger partial charge >= 0.3 is 0 Å². The van der Waals surface area contributed by atoms with E-state index in [0.717, 1.165) is 28.1 Å². The van der Waals surface area contributed by atoms with Gasteiger partial charge in [-0.25, -0.2) is 9.98 Å². The zero-order valence-electron chi connectivity index (χ0n) is 14.9. The molecule has 2 aromatic heterocycles. The van der Waals surface area contributed by atoms with Crippen molar-refractivity contribution < 1.29 is 9.26 Å². The second kappa shape index (κ2) is 7.34. The number of pyridine rings is 1. The Bertz CT molecular complexity index is 740. The lowest BCUT2D eigenvalue weighted by molar-refractivity contribution is 0.0686. The van der Waals surface area contributed by atoms with Gasteiger partial charge in [0.15, 0.2) is 11.4 Å². The van der Waals surface area contributed by atoms with Gasteiger partial charge in [-0.1, -0.05) is 5.16 Å². The fourth-order valence-electron chi connectivity index (χ4n) is 1.93. The average Bonchev–Trinajstić information content (AvgIpc) is 2.96. The van der Waals surface area contributed by atoms with Crippen LogP contribution in [0.5, 0.6) is 5.88 Å². The number of nitrogens with zero attached hydrogens (tertiary/aromatic N) is 4. The number of hydrogen-bond acceptors (Lipinski definition) is 5. The largest absolute Gasteiger partial charge is 0.463 e. The number of halogens is 1. The molecule has 6 nitrogen and oxygen atoms in total. The Hall–Kier alpha value is -1.89. The van der Waals surface area contributed by atoms with Gasteiger partial charge in [-0.2, -0.15) is 0 Å². The fraction of sp³-hybridized carbons (Fsp3) is 0.471. The molecule has 0 amide bonds. The third-order valence-electron chi connectivity index (χ3n) is 3.57. The van der Waals surface area contributed by atoms with Crippen LogP contribution < -0.4 is 4.74 Å². The van der Waals surface area contributed by atoms with Crippen LogP contribution in [0.15, 0.2) is 26.1 Å². The highest BCUT2D eigenvalue weighted by molar-refractivity contribution is 9.10. The van der Waals surface area contributed by atoms with E-state index in [9.17, 15) is 0 Å². The second-order valence-electron chi connectivity index (χ2n) is 6.14. The minimum Gasteiger partial charge on any atom is -0.463 e. The molecule has 0 saturated carbocycles. The third kappa shape index (κ3) is 4.35. The van der Waals surface area contributed by atoms with E-state index in [2.05, 4.69) is 38.0 Å². The van der Waals surface area contributed by atoms with Crippen molar-refractivity contribution in [1.82, 2.24) is 15.0 Å². The first-order chi connectivity index (χ1) is 11.2. The van der Waals surface area contributed by atoms with E-state index < -0.39 is 5.60 Å². The van der Waals surface area contributed by atoms with Crippen molar-refractivity contribution in [3.8, 4) is 5.88 Å². The summed E-state index contributed by atoms with van der Waals surface area (Å²) in [5.41, 5.74) is 1.71. The summed E-state index contributed by atoms with van der Waals surface area (Å²) in [5.74, 6) is 1.15. The molecule has 0 N–H and O–H groups in total. The molecule has 0 saturated heterocycles. The third-order valence-corrected chi connectivity index (χ3v) is 4.14. The molecule has 0 aromatic carbocycles. The van der Waals surface area contributed by atoms with Crippen LogP contribution in [-0.4, -0.2) is 35.0 Å². The molecule has 130 valence electrons. The summed E-state index contributed by atoms with van der Waals surface area (Å²) >= 11 is 3.51. The van der Waals surface area contributed by atoms with Crippen molar-refractivity contribution in [2.24, 2.45) is 4.99 Å². The number of rotatable bonds is 6. The summed E-state index contributed by atoms with van der Waals surface area (Å²) < 4.78 is 12.1. The topological polar surface area (TPSA) is 63.8 Å². The van der Waals surface area contributed by atoms with Crippen molar-refractivity contribution >= 4 is 28.0 Å². The van der Waals surface area contributed by atoms with Crippen LogP contribution in [0.1, 0.15) is 37.9 Å². The van der Waals surface area contributed by atoms with Crippen molar-refractivity contribution in [3.05, 3.63) is 33.8 Å². The van der Waals surface area contributed by atoms with Gasteiger partial charge in [0.1, 0.15) is 0 Å². The molecule has 2 rings (SSSR count). The zero-order chi connectivity index (χ0) is 17.9. The highest BCUT2D eigenvalue weighted by Crippen LogP contribution is 2.34. The Labute approximate surface area is 151 Å². The highest BCUT2D eigenvalue weighted by Gasteiger charge is 2.29. The lowest BCUT2D eigenvalue weighted by Gasteiger charge is -2.23. The van der Waals surface area contributed by atoms with Crippen LogP contribution >= 0.6 is 15.9 Å². The SMILES string of the molecule is CCN(C)/C=N/c1cc(Br)c(OC(C)(C)c2cc(C)no2)nc1C. The number of aryl methyl sites for hydroxylation is 2. The number of hydrogen-bond donors (Lipinski definition) is 0. The van der Waals surface area contributed by atoms with Crippen LogP contribution in [-0.2, 0) is 5.60 Å². The molecular formula is C17H23BrN4O2. The summed E-state index contributed by atoms with van der Waals surface area (Å²) in [5, 5.41) is 3.92. The minimum absolute atomic E-state index is 0.495. The molecule has 0 aliphatic heterocycles. The van der Waals surface area contributed by atoms with Crippen molar-refractivity contribution in [2.75, 3.05) is 13.6 Å². The van der Waals surface area contributed by atoms with Gasteiger partial charge in [0.25, 0.3) is 0 Å². The summed E-state index contributed by atoms with van der Waals surface area (Å²) in [6, 6.07) is 3.76. The van der Waals surface area contributed by atoms with E-state index in [1.165, 1.54) is 0 Å². The van der Waals surface area contributed by atoms with Gasteiger partial charge in [-0.05, 0) is 56.6 Å². The molecule has 0 unspecified atom stereocenters. The Morgan fingerprint density at radius 1 is 1.38 bits per heavy atom. The molecule has 0 atom stereocenters. The normalized spacial score (nSPS) is 12.0. The van der Waals surface area contributed by atoms with Gasteiger partial charge in [0, 0.05) is 19.7 Å². The van der Waals surface area contributed by atoms with Gasteiger partial charge in [-0.15, -0.1) is 0 Å². The van der Waals surface area contributed by atoms with Crippen molar-refractivity contribution in [3.63, 3.8) is 0 Å². The van der Waals surface area contributed by atoms with Gasteiger partial charge in [-0.3, -0.25) is 0 Å². The first kappa shape index (κ1) is 18.4. The van der Waals surface area contributed by atoms with Gasteiger partial charge < -0.3 is 14.2 Å². The monoisotopic (exact) mass is 394 g/mol. The van der Waals surface area contributed by atoms with E-state index in [4.69, 9.17) is 9.26 Å². The number of aliphatic imine (C=N–C) groups is 1. The molecule has 2 heterocycles. The Morgan fingerprint density at radius 2 is 2.08 bits per heavy atom. The van der Waals surface area contributed by atoms with E-state index in [-0.39, 0.29) is 0 Å². The number of ether oxygens (including phenoxy) is 1. The van der Waals surface area contributed by atoms with E-state index in [0.29, 0.717) is 11.6 Å². The quantitative estimate of drug-likeness (QED) is 0.537. The molecule has 0 fully saturated rings. The van der Waals surface area contributed by atoms with E-state index >= 15 is 0 Å². The fourth-order valence-corrected chi connectivity index (χ4v) is 2.32. The summed E-state index contributed by atoms with van der Waals surface area (Å²) in [6.07, 6.45) is 1.79. The molecule has 2 aromatic rings. The lowest BCUT2D eigenvalue weighted by atomic mass is 10.1. The smallest absolute Gasteiger partial charge is 0.229 e. The Balaban J connectivity index is 2.26. The maximum Gasteiger partial charge on any atom is 0.229 e. The maximum absolute atomic E-state index is 6.06. The van der Waals surface area contributed by atoms with Crippen LogP contribution in [0.2, 0.25) is 0 Å². The van der Waals surface area contributed by atoms with Crippen molar-refractivity contribution in [1.29, 1.82) is 0 Å². The zero-order valence-corrected chi connectivity index (χ0v) is 16.5. The van der Waals surface area contributed by atoms with Gasteiger partial charge in [0.05, 0.1) is 27.9 Å².